The van der Waals surface area contributed by atoms with Crippen molar-refractivity contribution in [1.82, 2.24) is 9.88 Å². The highest BCUT2D eigenvalue weighted by molar-refractivity contribution is 7.18. The number of benzene rings is 1. The zero-order valence-corrected chi connectivity index (χ0v) is 14.2. The van der Waals surface area contributed by atoms with Crippen LogP contribution in [0.3, 0.4) is 0 Å². The van der Waals surface area contributed by atoms with E-state index in [0.29, 0.717) is 5.92 Å². The lowest BCUT2D eigenvalue weighted by atomic mass is 9.96. The number of hydrogen-bond donors (Lipinski definition) is 1. The van der Waals surface area contributed by atoms with Crippen LogP contribution in [-0.2, 0) is 0 Å². The molecule has 1 fully saturated rings. The Bertz CT molecular complexity index is 624. The number of nitrogens with two attached hydrogens (primary N) is 1. The molecule has 114 valence electrons. The number of aromatic nitrogens is 1. The topological polar surface area (TPSA) is 42.1 Å². The Kier molecular flexibility index (Phi) is 4.23. The summed E-state index contributed by atoms with van der Waals surface area (Å²) in [6, 6.07) is 5.98. The Morgan fingerprint density at radius 2 is 2.10 bits per heavy atom. The quantitative estimate of drug-likeness (QED) is 0.932. The summed E-state index contributed by atoms with van der Waals surface area (Å²) in [5.74, 6) is 0.582. The predicted molar refractivity (Wildman–Crippen MR) is 91.3 cm³/mol. The Labute approximate surface area is 135 Å². The smallest absolute Gasteiger partial charge is 0.0970 e. The van der Waals surface area contributed by atoms with Crippen molar-refractivity contribution >= 4 is 33.2 Å². The minimum absolute atomic E-state index is 0.112. The maximum atomic E-state index is 6.11. The zero-order chi connectivity index (χ0) is 15.0. The molecular formula is C16H22ClN3S. The molecule has 0 bridgehead atoms. The van der Waals surface area contributed by atoms with Crippen LogP contribution in [0.1, 0.15) is 37.6 Å². The van der Waals surface area contributed by atoms with Crippen molar-refractivity contribution in [2.75, 3.05) is 19.6 Å². The van der Waals surface area contributed by atoms with Crippen LogP contribution in [0.15, 0.2) is 18.2 Å². The van der Waals surface area contributed by atoms with Crippen LogP contribution in [0.25, 0.3) is 10.2 Å². The molecule has 0 spiro atoms. The molecule has 0 aliphatic carbocycles. The number of rotatable bonds is 3. The summed E-state index contributed by atoms with van der Waals surface area (Å²) >= 11 is 7.85. The molecule has 1 aromatic carbocycles. The minimum atomic E-state index is -0.112. The van der Waals surface area contributed by atoms with E-state index in [1.54, 1.807) is 0 Å². The van der Waals surface area contributed by atoms with Crippen molar-refractivity contribution in [3.8, 4) is 0 Å². The van der Waals surface area contributed by atoms with Gasteiger partial charge in [-0.25, -0.2) is 4.98 Å². The molecule has 0 atom stereocenters. The molecule has 21 heavy (non-hydrogen) atoms. The highest BCUT2D eigenvalue weighted by Crippen LogP contribution is 2.34. The van der Waals surface area contributed by atoms with Crippen LogP contribution in [0.5, 0.6) is 0 Å². The van der Waals surface area contributed by atoms with E-state index in [9.17, 15) is 0 Å². The molecule has 0 amide bonds. The van der Waals surface area contributed by atoms with Gasteiger partial charge in [-0.1, -0.05) is 11.6 Å². The second kappa shape index (κ2) is 5.84. The van der Waals surface area contributed by atoms with Gasteiger partial charge in [-0.2, -0.15) is 0 Å². The maximum absolute atomic E-state index is 6.11. The molecular weight excluding hydrogens is 302 g/mol. The number of nitrogens with zero attached hydrogens (tertiary/aromatic N) is 2. The van der Waals surface area contributed by atoms with Crippen LogP contribution < -0.4 is 5.73 Å². The number of hydrogen-bond acceptors (Lipinski definition) is 4. The Hall–Kier alpha value is -0.680. The highest BCUT2D eigenvalue weighted by Gasteiger charge is 2.25. The third-order valence-electron chi connectivity index (χ3n) is 3.93. The number of fused-ring (bicyclic) bond motifs is 1. The minimum Gasteiger partial charge on any atom is -0.324 e. The van der Waals surface area contributed by atoms with E-state index in [1.165, 1.54) is 22.5 Å². The van der Waals surface area contributed by atoms with Gasteiger partial charge in [0, 0.05) is 23.0 Å². The van der Waals surface area contributed by atoms with Gasteiger partial charge in [0.25, 0.3) is 0 Å². The molecule has 3 nitrogen and oxygen atoms in total. The van der Waals surface area contributed by atoms with Gasteiger partial charge in [-0.3, -0.25) is 0 Å². The average Bonchev–Trinajstić information content (AvgIpc) is 2.80. The molecule has 5 heteroatoms. The maximum Gasteiger partial charge on any atom is 0.0970 e. The van der Waals surface area contributed by atoms with Gasteiger partial charge < -0.3 is 10.6 Å². The fourth-order valence-electron chi connectivity index (χ4n) is 3.01. The Morgan fingerprint density at radius 3 is 2.76 bits per heavy atom. The lowest BCUT2D eigenvalue weighted by molar-refractivity contribution is 0.179. The van der Waals surface area contributed by atoms with Gasteiger partial charge in [0.05, 0.1) is 15.2 Å². The number of thiazole rings is 1. The van der Waals surface area contributed by atoms with Crippen molar-refractivity contribution in [3.63, 3.8) is 0 Å². The van der Waals surface area contributed by atoms with Crippen LogP contribution >= 0.6 is 22.9 Å². The van der Waals surface area contributed by atoms with Crippen molar-refractivity contribution < 1.29 is 0 Å². The van der Waals surface area contributed by atoms with E-state index >= 15 is 0 Å². The van der Waals surface area contributed by atoms with E-state index in [2.05, 4.69) is 24.8 Å². The third kappa shape index (κ3) is 3.75. The molecule has 2 N–H and O–H groups in total. The fraction of sp³-hybridized carbons (Fsp3) is 0.562. The summed E-state index contributed by atoms with van der Waals surface area (Å²) in [7, 11) is 0. The van der Waals surface area contributed by atoms with Crippen LogP contribution in [0, 0.1) is 0 Å². The third-order valence-corrected chi connectivity index (χ3v) is 5.37. The first-order chi connectivity index (χ1) is 9.90. The number of halogens is 1. The standard InChI is InChI=1S/C16H22ClN3S/c1-16(2,18)10-20-7-5-11(6-8-20)15-19-13-9-12(17)3-4-14(13)21-15/h3-4,9,11H,5-8,10,18H2,1-2H3. The first-order valence-corrected chi connectivity index (χ1v) is 8.67. The SMILES string of the molecule is CC(C)(N)CN1CCC(c2nc3cc(Cl)ccc3s2)CC1. The Morgan fingerprint density at radius 1 is 1.38 bits per heavy atom. The highest BCUT2D eigenvalue weighted by atomic mass is 35.5. The van der Waals surface area contributed by atoms with Gasteiger partial charge in [-0.05, 0) is 58.0 Å². The van der Waals surface area contributed by atoms with Crippen molar-refractivity contribution in [2.24, 2.45) is 5.73 Å². The van der Waals surface area contributed by atoms with Gasteiger partial charge >= 0.3 is 0 Å². The van der Waals surface area contributed by atoms with Gasteiger partial charge in [0.1, 0.15) is 0 Å². The van der Waals surface area contributed by atoms with Crippen LogP contribution in [0.2, 0.25) is 5.02 Å². The summed E-state index contributed by atoms with van der Waals surface area (Å²) in [5.41, 5.74) is 7.04. The lowest BCUT2D eigenvalue weighted by Crippen LogP contribution is -2.47. The summed E-state index contributed by atoms with van der Waals surface area (Å²) in [5, 5.41) is 2.03. The fourth-order valence-corrected chi connectivity index (χ4v) is 4.29. The second-order valence-electron chi connectivity index (χ2n) is 6.70. The molecule has 0 unspecified atom stereocenters. The van der Waals surface area contributed by atoms with E-state index in [4.69, 9.17) is 22.3 Å². The van der Waals surface area contributed by atoms with Crippen molar-refractivity contribution in [2.45, 2.75) is 38.1 Å². The molecule has 2 aromatic rings. The van der Waals surface area contributed by atoms with Gasteiger partial charge in [0.15, 0.2) is 0 Å². The molecule has 1 saturated heterocycles. The summed E-state index contributed by atoms with van der Waals surface area (Å²) in [4.78, 5) is 7.26. The molecule has 0 radical (unpaired) electrons. The van der Waals surface area contributed by atoms with E-state index < -0.39 is 0 Å². The first kappa shape index (κ1) is 15.2. The summed E-state index contributed by atoms with van der Waals surface area (Å²) in [6.07, 6.45) is 2.34. The van der Waals surface area contributed by atoms with E-state index in [-0.39, 0.29) is 5.54 Å². The molecule has 1 aliphatic heterocycles. The average molecular weight is 324 g/mol. The lowest BCUT2D eigenvalue weighted by Gasteiger charge is -2.35. The number of likely N-dealkylation sites (tertiary alicyclic amines) is 1. The number of piperidine rings is 1. The Balaban J connectivity index is 1.68. The summed E-state index contributed by atoms with van der Waals surface area (Å²) in [6.45, 7) is 7.38. The first-order valence-electron chi connectivity index (χ1n) is 7.48. The van der Waals surface area contributed by atoms with Crippen molar-refractivity contribution in [3.05, 3.63) is 28.2 Å². The zero-order valence-electron chi connectivity index (χ0n) is 12.6. The van der Waals surface area contributed by atoms with Crippen LogP contribution in [0.4, 0.5) is 0 Å². The largest absolute Gasteiger partial charge is 0.324 e. The predicted octanol–water partition coefficient (Wildman–Crippen LogP) is 3.87. The molecule has 1 aromatic heterocycles. The summed E-state index contributed by atoms with van der Waals surface area (Å²) < 4.78 is 1.24. The van der Waals surface area contributed by atoms with Gasteiger partial charge in [0.2, 0.25) is 0 Å². The molecule has 0 saturated carbocycles. The van der Waals surface area contributed by atoms with Crippen LogP contribution in [-0.4, -0.2) is 35.1 Å². The molecule has 3 rings (SSSR count). The molecule has 1 aliphatic rings. The van der Waals surface area contributed by atoms with E-state index in [0.717, 1.165) is 30.2 Å². The van der Waals surface area contributed by atoms with E-state index in [1.807, 2.05) is 23.5 Å². The van der Waals surface area contributed by atoms with Crippen molar-refractivity contribution in [1.29, 1.82) is 0 Å². The normalized spacial score (nSPS) is 18.5. The monoisotopic (exact) mass is 323 g/mol. The molecule has 2 heterocycles. The van der Waals surface area contributed by atoms with Gasteiger partial charge in [-0.15, -0.1) is 11.3 Å². The second-order valence-corrected chi connectivity index (χ2v) is 8.20.